The zero-order chi connectivity index (χ0) is 17.4. The number of nitrogens with one attached hydrogen (secondary N) is 1. The van der Waals surface area contributed by atoms with E-state index >= 15 is 0 Å². The van der Waals surface area contributed by atoms with Crippen LogP contribution in [-0.4, -0.2) is 24.7 Å². The predicted octanol–water partition coefficient (Wildman–Crippen LogP) is 3.13. The van der Waals surface area contributed by atoms with Gasteiger partial charge in [-0.25, -0.2) is 0 Å². The largest absolute Gasteiger partial charge is 0.416 e. The number of amides is 1. The highest BCUT2D eigenvalue weighted by Gasteiger charge is 2.43. The molecule has 1 saturated carbocycles. The molecule has 2 fully saturated rings. The first-order valence-electron chi connectivity index (χ1n) is 8.19. The van der Waals surface area contributed by atoms with Crippen LogP contribution >= 0.6 is 12.4 Å². The molecule has 8 heteroatoms. The number of alkyl halides is 3. The van der Waals surface area contributed by atoms with E-state index in [0.717, 1.165) is 25.0 Å². The SMILES string of the molecule is Cl.NC[C@H]1CC[C@@H](C(=O)NC2(c3cccc(C(F)(F)F)c3)CCC2)O1. The van der Waals surface area contributed by atoms with Crippen LogP contribution in [0.1, 0.15) is 43.2 Å². The van der Waals surface area contributed by atoms with Gasteiger partial charge in [-0.05, 0) is 49.8 Å². The minimum atomic E-state index is -4.39. The molecule has 1 aromatic rings. The lowest BCUT2D eigenvalue weighted by Crippen LogP contribution is -2.53. The molecule has 1 aliphatic heterocycles. The number of benzene rings is 1. The van der Waals surface area contributed by atoms with Gasteiger partial charge >= 0.3 is 6.18 Å². The van der Waals surface area contributed by atoms with Crippen LogP contribution in [0.5, 0.6) is 0 Å². The Balaban J connectivity index is 0.00000225. The Morgan fingerprint density at radius 1 is 1.32 bits per heavy atom. The molecule has 0 radical (unpaired) electrons. The summed E-state index contributed by atoms with van der Waals surface area (Å²) in [5, 5.41) is 2.94. The average molecular weight is 379 g/mol. The molecule has 2 atom stereocenters. The van der Waals surface area contributed by atoms with Gasteiger partial charge < -0.3 is 15.8 Å². The number of carbonyl (C=O) groups is 1. The first-order valence-corrected chi connectivity index (χ1v) is 8.19. The number of nitrogens with two attached hydrogens (primary N) is 1. The smallest absolute Gasteiger partial charge is 0.364 e. The van der Waals surface area contributed by atoms with E-state index in [9.17, 15) is 18.0 Å². The Labute approximate surface area is 150 Å². The molecule has 1 heterocycles. The van der Waals surface area contributed by atoms with E-state index < -0.39 is 23.4 Å². The van der Waals surface area contributed by atoms with Crippen LogP contribution in [0.3, 0.4) is 0 Å². The van der Waals surface area contributed by atoms with Gasteiger partial charge in [-0.15, -0.1) is 12.4 Å². The fourth-order valence-corrected chi connectivity index (χ4v) is 3.40. The van der Waals surface area contributed by atoms with Gasteiger partial charge in [0, 0.05) is 6.54 Å². The lowest BCUT2D eigenvalue weighted by atomic mass is 9.71. The zero-order valence-corrected chi connectivity index (χ0v) is 14.5. The Morgan fingerprint density at radius 3 is 2.56 bits per heavy atom. The summed E-state index contributed by atoms with van der Waals surface area (Å²) >= 11 is 0. The maximum Gasteiger partial charge on any atom is 0.416 e. The van der Waals surface area contributed by atoms with Crippen molar-refractivity contribution in [3.05, 3.63) is 35.4 Å². The van der Waals surface area contributed by atoms with Crippen molar-refractivity contribution in [2.45, 2.75) is 56.0 Å². The van der Waals surface area contributed by atoms with Crippen molar-refractivity contribution in [3.8, 4) is 0 Å². The monoisotopic (exact) mass is 378 g/mol. The molecule has 0 bridgehead atoms. The Hall–Kier alpha value is -1.31. The van der Waals surface area contributed by atoms with Crippen molar-refractivity contribution in [1.82, 2.24) is 5.32 Å². The first kappa shape index (κ1) is 20.0. The molecule has 0 spiro atoms. The van der Waals surface area contributed by atoms with Crippen LogP contribution in [0.25, 0.3) is 0 Å². The molecule has 2 aliphatic rings. The van der Waals surface area contributed by atoms with Gasteiger partial charge in [0.15, 0.2) is 0 Å². The zero-order valence-electron chi connectivity index (χ0n) is 13.6. The number of halogens is 4. The summed E-state index contributed by atoms with van der Waals surface area (Å²) in [4.78, 5) is 12.5. The standard InChI is InChI=1S/C17H21F3N2O2.ClH/c18-17(19,20)12-4-1-3-11(9-12)16(7-2-8-16)22-15(23)14-6-5-13(10-21)24-14;/h1,3-4,9,13-14H,2,5-8,10,21H2,(H,22,23);1H/t13-,14+;/m1./s1. The van der Waals surface area contributed by atoms with E-state index in [1.807, 2.05) is 0 Å². The van der Waals surface area contributed by atoms with Crippen molar-refractivity contribution in [3.63, 3.8) is 0 Å². The highest BCUT2D eigenvalue weighted by Crippen LogP contribution is 2.43. The second-order valence-electron chi connectivity index (χ2n) is 6.56. The van der Waals surface area contributed by atoms with Crippen LogP contribution in [0.15, 0.2) is 24.3 Å². The van der Waals surface area contributed by atoms with Gasteiger partial charge in [0.1, 0.15) is 6.10 Å². The molecule has 1 saturated heterocycles. The molecule has 25 heavy (non-hydrogen) atoms. The van der Waals surface area contributed by atoms with Crippen molar-refractivity contribution >= 4 is 18.3 Å². The summed E-state index contributed by atoms with van der Waals surface area (Å²) in [6, 6.07) is 5.22. The Kier molecular flexibility index (Phi) is 6.01. The van der Waals surface area contributed by atoms with Crippen LogP contribution in [0, 0.1) is 0 Å². The number of carbonyl (C=O) groups excluding carboxylic acids is 1. The van der Waals surface area contributed by atoms with Gasteiger partial charge in [0.05, 0.1) is 17.2 Å². The van der Waals surface area contributed by atoms with Crippen LogP contribution in [0.4, 0.5) is 13.2 Å². The minimum absolute atomic E-state index is 0. The first-order chi connectivity index (χ1) is 11.3. The van der Waals surface area contributed by atoms with E-state index in [-0.39, 0.29) is 24.4 Å². The van der Waals surface area contributed by atoms with Crippen LogP contribution < -0.4 is 11.1 Å². The maximum absolute atomic E-state index is 12.9. The summed E-state index contributed by atoms with van der Waals surface area (Å²) < 4.78 is 44.4. The fraction of sp³-hybridized carbons (Fsp3) is 0.588. The second kappa shape index (κ2) is 7.51. The topological polar surface area (TPSA) is 64.4 Å². The van der Waals surface area contributed by atoms with Gasteiger partial charge in [0.2, 0.25) is 5.91 Å². The van der Waals surface area contributed by atoms with Crippen molar-refractivity contribution in [1.29, 1.82) is 0 Å². The molecule has 0 unspecified atom stereocenters. The highest BCUT2D eigenvalue weighted by atomic mass is 35.5. The molecule has 3 N–H and O–H groups in total. The van der Waals surface area contributed by atoms with Crippen molar-refractivity contribution in [2.75, 3.05) is 6.54 Å². The van der Waals surface area contributed by atoms with Gasteiger partial charge in [0.25, 0.3) is 0 Å². The fourth-order valence-electron chi connectivity index (χ4n) is 3.40. The van der Waals surface area contributed by atoms with E-state index in [1.54, 1.807) is 6.07 Å². The molecule has 1 aromatic carbocycles. The van der Waals surface area contributed by atoms with Gasteiger partial charge in [-0.1, -0.05) is 12.1 Å². The van der Waals surface area contributed by atoms with Crippen molar-refractivity contribution < 1.29 is 22.7 Å². The lowest BCUT2D eigenvalue weighted by molar-refractivity contribution is -0.137. The molecular formula is C17H22ClF3N2O2. The van der Waals surface area contributed by atoms with Gasteiger partial charge in [-0.2, -0.15) is 13.2 Å². The second-order valence-corrected chi connectivity index (χ2v) is 6.56. The Bertz CT molecular complexity index is 620. The molecule has 0 aromatic heterocycles. The average Bonchev–Trinajstić information content (AvgIpc) is 2.99. The third-order valence-electron chi connectivity index (χ3n) is 4.97. The minimum Gasteiger partial charge on any atom is -0.364 e. The lowest BCUT2D eigenvalue weighted by Gasteiger charge is -2.43. The quantitative estimate of drug-likeness (QED) is 0.846. The molecule has 3 rings (SSSR count). The van der Waals surface area contributed by atoms with E-state index in [2.05, 4.69) is 5.32 Å². The third kappa shape index (κ3) is 4.10. The summed E-state index contributed by atoms with van der Waals surface area (Å²) in [5.74, 6) is -0.261. The molecule has 1 amide bonds. The van der Waals surface area contributed by atoms with Gasteiger partial charge in [-0.3, -0.25) is 4.79 Å². The molecule has 140 valence electrons. The van der Waals surface area contributed by atoms with E-state index in [1.165, 1.54) is 6.07 Å². The molecule has 4 nitrogen and oxygen atoms in total. The van der Waals surface area contributed by atoms with Crippen LogP contribution in [-0.2, 0) is 21.2 Å². The Morgan fingerprint density at radius 2 is 2.04 bits per heavy atom. The summed E-state index contributed by atoms with van der Waals surface area (Å²) in [5.41, 5.74) is 4.64. The summed E-state index contributed by atoms with van der Waals surface area (Å²) in [6.07, 6.45) is -1.63. The van der Waals surface area contributed by atoms with Crippen LogP contribution in [0.2, 0.25) is 0 Å². The third-order valence-corrected chi connectivity index (χ3v) is 4.97. The highest BCUT2D eigenvalue weighted by molar-refractivity contribution is 5.85. The number of hydrogen-bond donors (Lipinski definition) is 2. The van der Waals surface area contributed by atoms with Crippen molar-refractivity contribution in [2.24, 2.45) is 5.73 Å². The number of hydrogen-bond acceptors (Lipinski definition) is 3. The maximum atomic E-state index is 12.9. The molecular weight excluding hydrogens is 357 g/mol. The number of rotatable bonds is 4. The summed E-state index contributed by atoms with van der Waals surface area (Å²) in [7, 11) is 0. The number of ether oxygens (including phenoxy) is 1. The predicted molar refractivity (Wildman–Crippen MR) is 89.3 cm³/mol. The van der Waals surface area contributed by atoms with E-state index in [4.69, 9.17) is 10.5 Å². The van der Waals surface area contributed by atoms with E-state index in [0.29, 0.717) is 31.4 Å². The molecule has 1 aliphatic carbocycles. The normalized spacial score (nSPS) is 25.0. The summed E-state index contributed by atoms with van der Waals surface area (Å²) in [6.45, 7) is 0.364.